The Morgan fingerprint density at radius 2 is 1.76 bits per heavy atom. The van der Waals surface area contributed by atoms with Gasteiger partial charge in [-0.05, 0) is 97.1 Å². The van der Waals surface area contributed by atoms with Crippen LogP contribution in [0.5, 0.6) is 5.75 Å². The highest BCUT2D eigenvalue weighted by Crippen LogP contribution is 2.33. The summed E-state index contributed by atoms with van der Waals surface area (Å²) in [6, 6.07) is 18.0. The largest absolute Gasteiger partial charge is 0.508 e. The number of carbonyl (C=O) groups excluding carboxylic acids is 3. The summed E-state index contributed by atoms with van der Waals surface area (Å²) < 4.78 is 12.3. The number of carbonyl (C=O) groups is 3. The second kappa shape index (κ2) is 13.6. The fourth-order valence-corrected chi connectivity index (χ4v) is 4.03. The van der Waals surface area contributed by atoms with Crippen molar-refractivity contribution in [2.45, 2.75) is 26.1 Å². The fourth-order valence-electron chi connectivity index (χ4n) is 3.52. The number of anilines is 3. The Kier molecular flexibility index (Phi) is 10.3. The van der Waals surface area contributed by atoms with Crippen LogP contribution in [0.1, 0.15) is 35.9 Å². The van der Waals surface area contributed by atoms with Gasteiger partial charge in [0.05, 0.1) is 11.4 Å². The van der Waals surface area contributed by atoms with Gasteiger partial charge in [0, 0.05) is 33.1 Å². The van der Waals surface area contributed by atoms with Gasteiger partial charge in [0.15, 0.2) is 11.9 Å². The monoisotopic (exact) mass is 629 g/mol. The Labute approximate surface area is 234 Å². The van der Waals surface area contributed by atoms with Crippen LogP contribution in [0.15, 0.2) is 78.9 Å². The van der Waals surface area contributed by atoms with Gasteiger partial charge in [-0.25, -0.2) is 4.79 Å². The number of nitrogens with two attached hydrogens (primary N) is 1. The molecule has 3 rings (SSSR count). The third kappa shape index (κ3) is 8.05. The van der Waals surface area contributed by atoms with Gasteiger partial charge >= 0.3 is 6.09 Å². The lowest BCUT2D eigenvalue weighted by Gasteiger charge is -2.26. The number of phenols is 1. The number of benzene rings is 3. The van der Waals surface area contributed by atoms with Crippen LogP contribution in [0.3, 0.4) is 0 Å². The van der Waals surface area contributed by atoms with Crippen LogP contribution in [0.2, 0.25) is 0 Å². The lowest BCUT2D eigenvalue weighted by molar-refractivity contribution is -0.112. The van der Waals surface area contributed by atoms with Gasteiger partial charge in [-0.15, -0.1) is 0 Å². The fraction of sp³-hybridized carbons (Fsp3) is 0.179. The number of hydrogen-bond donors (Lipinski definition) is 4. The van der Waals surface area contributed by atoms with Crippen LogP contribution < -0.4 is 16.4 Å². The highest BCUT2D eigenvalue weighted by atomic mass is 127. The van der Waals surface area contributed by atoms with Crippen molar-refractivity contribution in [1.29, 1.82) is 0 Å². The van der Waals surface area contributed by atoms with E-state index in [9.17, 15) is 19.5 Å². The van der Waals surface area contributed by atoms with E-state index in [2.05, 4.69) is 33.2 Å². The summed E-state index contributed by atoms with van der Waals surface area (Å²) in [6.45, 7) is 3.44. The lowest BCUT2D eigenvalue weighted by Crippen LogP contribution is -2.28. The summed E-state index contributed by atoms with van der Waals surface area (Å²) in [4.78, 5) is 37.0. The maximum atomic E-state index is 12.9. The minimum atomic E-state index is -1.10. The number of nitrogens with one attached hydrogen (secondary N) is 2. The lowest BCUT2D eigenvalue weighted by atomic mass is 10.0. The first-order valence-corrected chi connectivity index (χ1v) is 12.8. The van der Waals surface area contributed by atoms with Gasteiger partial charge in [0.2, 0.25) is 5.91 Å². The molecule has 198 valence electrons. The van der Waals surface area contributed by atoms with Crippen molar-refractivity contribution in [2.24, 2.45) is 0 Å². The number of nitrogen functional groups attached to an aromatic ring is 1. The van der Waals surface area contributed by atoms with Gasteiger partial charge in [-0.1, -0.05) is 12.1 Å². The molecule has 0 aliphatic carbocycles. The van der Waals surface area contributed by atoms with Crippen LogP contribution in [-0.2, 0) is 14.3 Å². The number of rotatable bonds is 10. The summed E-state index contributed by atoms with van der Waals surface area (Å²) in [7, 11) is 0. The Balaban J connectivity index is 1.85. The molecule has 5 N–H and O–H groups in total. The van der Waals surface area contributed by atoms with Gasteiger partial charge < -0.3 is 25.6 Å². The third-order valence-electron chi connectivity index (χ3n) is 5.38. The Morgan fingerprint density at radius 3 is 2.42 bits per heavy atom. The molecule has 0 radical (unpaired) electrons. The minimum Gasteiger partial charge on any atom is -0.508 e. The average molecular weight is 629 g/mol. The summed E-state index contributed by atoms with van der Waals surface area (Å²) >= 11 is 2.08. The molecular formula is C28H28IN3O6. The quantitative estimate of drug-likeness (QED) is 0.0981. The molecule has 3 aromatic carbocycles. The standard InChI is InChI=1S/C28H28IN3O6/c1-3-37-25(14-15-26(35)32-23-7-5-4-6-22(23)30)27(21-16-19(29)10-13-24(21)34)38-28(36)31-20-11-8-18(9-12-20)17(2)33/h4-16,25,27,34H,3,30H2,1-2H3,(H,31,36)(H,32,35)/b15-14+/t25-,27-/m1/s1. The van der Waals surface area contributed by atoms with E-state index in [0.29, 0.717) is 28.2 Å². The smallest absolute Gasteiger partial charge is 0.412 e. The van der Waals surface area contributed by atoms with Crippen LogP contribution in [0.25, 0.3) is 0 Å². The number of phenolic OH excluding ortho intramolecular Hbond substituents is 1. The zero-order valence-electron chi connectivity index (χ0n) is 20.8. The third-order valence-corrected chi connectivity index (χ3v) is 6.05. The molecule has 38 heavy (non-hydrogen) atoms. The van der Waals surface area contributed by atoms with Crippen molar-refractivity contribution in [3.05, 3.63) is 93.6 Å². The van der Waals surface area contributed by atoms with Gasteiger partial charge in [-0.2, -0.15) is 0 Å². The van der Waals surface area contributed by atoms with Crippen molar-refractivity contribution < 1.29 is 29.0 Å². The number of ketones is 1. The summed E-state index contributed by atoms with van der Waals surface area (Å²) in [5.41, 5.74) is 7.97. The molecule has 0 bridgehead atoms. The summed E-state index contributed by atoms with van der Waals surface area (Å²) in [5, 5.41) is 15.9. The van der Waals surface area contributed by atoms with Gasteiger partial charge in [0.25, 0.3) is 0 Å². The first kappa shape index (κ1) is 28.7. The SMILES string of the molecule is CCO[C@H](/C=C/C(=O)Nc1ccccc1N)[C@H](OC(=O)Nc1ccc(C(C)=O)cc1)c1cc(I)ccc1O. The van der Waals surface area contributed by atoms with E-state index in [1.807, 2.05) is 0 Å². The maximum absolute atomic E-state index is 12.9. The van der Waals surface area contributed by atoms with Crippen molar-refractivity contribution in [2.75, 3.05) is 23.0 Å². The highest BCUT2D eigenvalue weighted by molar-refractivity contribution is 14.1. The topological polar surface area (TPSA) is 140 Å². The molecule has 0 saturated carbocycles. The number of hydrogen-bond acceptors (Lipinski definition) is 7. The van der Waals surface area contributed by atoms with Crippen LogP contribution in [0, 0.1) is 3.57 Å². The molecule has 0 fully saturated rings. The molecule has 0 unspecified atom stereocenters. The van der Waals surface area contributed by atoms with E-state index >= 15 is 0 Å². The zero-order chi connectivity index (χ0) is 27.7. The molecule has 9 nitrogen and oxygen atoms in total. The second-order valence-electron chi connectivity index (χ2n) is 8.14. The molecule has 2 amide bonds. The number of Topliss-reactive ketones (excluding diaryl/α,β-unsaturated/α-hetero) is 1. The molecule has 0 spiro atoms. The minimum absolute atomic E-state index is 0.0984. The predicted molar refractivity (Wildman–Crippen MR) is 154 cm³/mol. The molecule has 10 heteroatoms. The number of aromatic hydroxyl groups is 1. The Bertz CT molecular complexity index is 1330. The van der Waals surface area contributed by atoms with Gasteiger partial charge in [-0.3, -0.25) is 14.9 Å². The molecule has 2 atom stereocenters. The number of para-hydroxylation sites is 2. The van der Waals surface area contributed by atoms with Crippen LogP contribution in [0.4, 0.5) is 21.9 Å². The van der Waals surface area contributed by atoms with Crippen molar-refractivity contribution in [3.63, 3.8) is 0 Å². The summed E-state index contributed by atoms with van der Waals surface area (Å²) in [6.07, 6.45) is -0.132. The first-order valence-electron chi connectivity index (χ1n) is 11.7. The molecule has 0 heterocycles. The average Bonchev–Trinajstić information content (AvgIpc) is 2.88. The Morgan fingerprint density at radius 1 is 1.05 bits per heavy atom. The predicted octanol–water partition coefficient (Wildman–Crippen LogP) is 5.67. The molecule has 3 aromatic rings. The molecule has 0 aromatic heterocycles. The first-order chi connectivity index (χ1) is 18.2. The zero-order valence-corrected chi connectivity index (χ0v) is 23.0. The van der Waals surface area contributed by atoms with E-state index in [-0.39, 0.29) is 18.1 Å². The van der Waals surface area contributed by atoms with E-state index in [1.165, 1.54) is 25.1 Å². The van der Waals surface area contributed by atoms with Gasteiger partial charge in [0.1, 0.15) is 11.9 Å². The number of halogens is 1. The normalized spacial score (nSPS) is 12.5. The van der Waals surface area contributed by atoms with Crippen molar-refractivity contribution >= 4 is 57.4 Å². The van der Waals surface area contributed by atoms with Crippen LogP contribution in [-0.4, -0.2) is 35.6 Å². The van der Waals surface area contributed by atoms with Crippen molar-refractivity contribution in [1.82, 2.24) is 0 Å². The molecular weight excluding hydrogens is 601 g/mol. The van der Waals surface area contributed by atoms with E-state index in [1.54, 1.807) is 67.6 Å². The highest BCUT2D eigenvalue weighted by Gasteiger charge is 2.29. The second-order valence-corrected chi connectivity index (χ2v) is 9.39. The molecule has 0 aliphatic heterocycles. The number of ether oxygens (including phenoxy) is 2. The van der Waals surface area contributed by atoms with E-state index < -0.39 is 24.2 Å². The summed E-state index contributed by atoms with van der Waals surface area (Å²) in [5.74, 6) is -0.666. The van der Waals surface area contributed by atoms with Crippen LogP contribution >= 0.6 is 22.6 Å². The van der Waals surface area contributed by atoms with E-state index in [0.717, 1.165) is 3.57 Å². The molecule has 0 saturated heterocycles. The Hall–Kier alpha value is -3.90. The van der Waals surface area contributed by atoms with E-state index in [4.69, 9.17) is 15.2 Å². The maximum Gasteiger partial charge on any atom is 0.412 e. The number of amides is 2. The molecule has 0 aliphatic rings. The van der Waals surface area contributed by atoms with Crippen molar-refractivity contribution in [3.8, 4) is 5.75 Å².